The molecule has 0 radical (unpaired) electrons. The summed E-state index contributed by atoms with van der Waals surface area (Å²) in [6.07, 6.45) is 0. The van der Waals surface area contributed by atoms with Crippen molar-refractivity contribution >= 4 is 50.3 Å². The molecule has 20 heavy (non-hydrogen) atoms. The molecule has 0 aliphatic heterocycles. The SMILES string of the molecule is CCN(CC(=O)NC(C)C)C(=O)c1cc(Br)ccc1I. The number of nitrogens with zero attached hydrogens (tertiary/aromatic N) is 1. The van der Waals surface area contributed by atoms with Crippen LogP contribution in [0, 0.1) is 3.57 Å². The van der Waals surface area contributed by atoms with Crippen molar-refractivity contribution in [2.45, 2.75) is 26.8 Å². The normalized spacial score (nSPS) is 10.5. The van der Waals surface area contributed by atoms with Gasteiger partial charge in [-0.2, -0.15) is 0 Å². The van der Waals surface area contributed by atoms with E-state index >= 15 is 0 Å². The average molecular weight is 453 g/mol. The molecule has 0 atom stereocenters. The zero-order valence-electron chi connectivity index (χ0n) is 11.7. The molecule has 0 saturated carbocycles. The smallest absolute Gasteiger partial charge is 0.255 e. The summed E-state index contributed by atoms with van der Waals surface area (Å²) in [4.78, 5) is 25.8. The van der Waals surface area contributed by atoms with Crippen molar-refractivity contribution in [1.29, 1.82) is 0 Å². The van der Waals surface area contributed by atoms with E-state index in [0.29, 0.717) is 12.1 Å². The van der Waals surface area contributed by atoms with E-state index in [1.165, 1.54) is 0 Å². The number of rotatable bonds is 5. The fourth-order valence-electron chi connectivity index (χ4n) is 1.70. The third-order valence-electron chi connectivity index (χ3n) is 2.61. The second-order valence-corrected chi connectivity index (χ2v) is 6.74. The third kappa shape index (κ3) is 5.05. The standard InChI is InChI=1S/C14H18BrIN2O2/c1-4-18(8-13(19)17-9(2)3)14(20)11-7-10(15)5-6-12(11)16/h5-7,9H,4,8H2,1-3H3,(H,17,19). The van der Waals surface area contributed by atoms with E-state index in [1.54, 1.807) is 11.0 Å². The predicted molar refractivity (Wildman–Crippen MR) is 91.7 cm³/mol. The second-order valence-electron chi connectivity index (χ2n) is 4.67. The van der Waals surface area contributed by atoms with Crippen molar-refractivity contribution in [1.82, 2.24) is 10.2 Å². The number of nitrogens with one attached hydrogen (secondary N) is 1. The van der Waals surface area contributed by atoms with Gasteiger partial charge in [0, 0.05) is 20.6 Å². The maximum atomic E-state index is 12.5. The molecule has 0 bridgehead atoms. The van der Waals surface area contributed by atoms with Crippen LogP contribution in [0.15, 0.2) is 22.7 Å². The molecule has 0 fully saturated rings. The number of amides is 2. The molecule has 0 aromatic heterocycles. The summed E-state index contributed by atoms with van der Waals surface area (Å²) in [6.45, 7) is 6.23. The van der Waals surface area contributed by atoms with Crippen molar-refractivity contribution in [3.05, 3.63) is 31.8 Å². The summed E-state index contributed by atoms with van der Waals surface area (Å²) < 4.78 is 1.72. The number of carbonyl (C=O) groups is 2. The molecule has 2 amide bonds. The molecular weight excluding hydrogens is 435 g/mol. The first-order valence-corrected chi connectivity index (χ1v) is 8.26. The van der Waals surface area contributed by atoms with Crippen LogP contribution in [-0.4, -0.2) is 35.8 Å². The van der Waals surface area contributed by atoms with E-state index in [1.807, 2.05) is 32.9 Å². The minimum Gasteiger partial charge on any atom is -0.352 e. The fraction of sp³-hybridized carbons (Fsp3) is 0.429. The first kappa shape index (κ1) is 17.4. The lowest BCUT2D eigenvalue weighted by Gasteiger charge is -2.22. The summed E-state index contributed by atoms with van der Waals surface area (Å²) in [6, 6.07) is 5.62. The Balaban J connectivity index is 2.86. The molecule has 1 N–H and O–H groups in total. The first-order valence-electron chi connectivity index (χ1n) is 6.38. The molecule has 1 rings (SSSR count). The van der Waals surface area contributed by atoms with Crippen LogP contribution in [0.2, 0.25) is 0 Å². The van der Waals surface area contributed by atoms with Gasteiger partial charge in [0.15, 0.2) is 0 Å². The van der Waals surface area contributed by atoms with Gasteiger partial charge in [0.2, 0.25) is 5.91 Å². The summed E-state index contributed by atoms with van der Waals surface area (Å²) >= 11 is 5.49. The highest BCUT2D eigenvalue weighted by Crippen LogP contribution is 2.20. The van der Waals surface area contributed by atoms with E-state index in [0.717, 1.165) is 8.04 Å². The highest BCUT2D eigenvalue weighted by atomic mass is 127. The fourth-order valence-corrected chi connectivity index (χ4v) is 2.63. The summed E-state index contributed by atoms with van der Waals surface area (Å²) in [5.74, 6) is -0.266. The molecule has 6 heteroatoms. The Morgan fingerprint density at radius 2 is 2.05 bits per heavy atom. The van der Waals surface area contributed by atoms with E-state index < -0.39 is 0 Å². The lowest BCUT2D eigenvalue weighted by molar-refractivity contribution is -0.122. The summed E-state index contributed by atoms with van der Waals surface area (Å²) in [5.41, 5.74) is 0.610. The Bertz CT molecular complexity index is 506. The molecule has 0 saturated heterocycles. The van der Waals surface area contributed by atoms with Crippen LogP contribution in [0.3, 0.4) is 0 Å². The van der Waals surface area contributed by atoms with Crippen LogP contribution in [0.1, 0.15) is 31.1 Å². The minimum atomic E-state index is -0.139. The second kappa shape index (κ2) is 7.97. The van der Waals surface area contributed by atoms with Gasteiger partial charge in [-0.3, -0.25) is 9.59 Å². The maximum Gasteiger partial charge on any atom is 0.255 e. The van der Waals surface area contributed by atoms with Crippen LogP contribution in [0.5, 0.6) is 0 Å². The van der Waals surface area contributed by atoms with Crippen LogP contribution in [-0.2, 0) is 4.79 Å². The first-order chi connectivity index (χ1) is 9.35. The molecule has 0 aliphatic carbocycles. The topological polar surface area (TPSA) is 49.4 Å². The van der Waals surface area contributed by atoms with Crippen LogP contribution in [0.25, 0.3) is 0 Å². The van der Waals surface area contributed by atoms with E-state index in [9.17, 15) is 9.59 Å². The molecule has 0 unspecified atom stereocenters. The molecule has 0 spiro atoms. The zero-order valence-corrected chi connectivity index (χ0v) is 15.5. The molecule has 1 aromatic rings. The van der Waals surface area contributed by atoms with Crippen molar-refractivity contribution in [2.75, 3.05) is 13.1 Å². The summed E-state index contributed by atoms with van der Waals surface area (Å²) in [7, 11) is 0. The molecule has 1 aromatic carbocycles. The minimum absolute atomic E-state index is 0.0716. The van der Waals surface area contributed by atoms with Crippen molar-refractivity contribution in [2.24, 2.45) is 0 Å². The van der Waals surface area contributed by atoms with Crippen LogP contribution >= 0.6 is 38.5 Å². The van der Waals surface area contributed by atoms with Gasteiger partial charge >= 0.3 is 0 Å². The van der Waals surface area contributed by atoms with Gasteiger partial charge in [-0.25, -0.2) is 0 Å². The lowest BCUT2D eigenvalue weighted by atomic mass is 10.2. The van der Waals surface area contributed by atoms with Crippen molar-refractivity contribution < 1.29 is 9.59 Å². The van der Waals surface area contributed by atoms with Gasteiger partial charge in [0.25, 0.3) is 5.91 Å². The van der Waals surface area contributed by atoms with Gasteiger partial charge < -0.3 is 10.2 Å². The largest absolute Gasteiger partial charge is 0.352 e. The Kier molecular flexibility index (Phi) is 6.94. The van der Waals surface area contributed by atoms with Gasteiger partial charge in [-0.1, -0.05) is 15.9 Å². The maximum absolute atomic E-state index is 12.5. The number of hydrogen-bond donors (Lipinski definition) is 1. The van der Waals surface area contributed by atoms with Crippen molar-refractivity contribution in [3.8, 4) is 0 Å². The van der Waals surface area contributed by atoms with Gasteiger partial charge in [-0.05, 0) is 61.6 Å². The monoisotopic (exact) mass is 452 g/mol. The number of carbonyl (C=O) groups excluding carboxylic acids is 2. The Hall–Kier alpha value is -0.630. The van der Waals surface area contributed by atoms with E-state index in [-0.39, 0.29) is 24.4 Å². The quantitative estimate of drug-likeness (QED) is 0.698. The molecule has 110 valence electrons. The number of halogens is 2. The summed E-state index contributed by atoms with van der Waals surface area (Å²) in [5, 5.41) is 2.80. The van der Waals surface area contributed by atoms with Gasteiger partial charge in [-0.15, -0.1) is 0 Å². The van der Waals surface area contributed by atoms with Crippen molar-refractivity contribution in [3.63, 3.8) is 0 Å². The number of likely N-dealkylation sites (N-methyl/N-ethyl adjacent to an activating group) is 1. The predicted octanol–water partition coefficient (Wildman–Crippen LogP) is 3.04. The number of hydrogen-bond acceptors (Lipinski definition) is 2. The third-order valence-corrected chi connectivity index (χ3v) is 4.05. The van der Waals surface area contributed by atoms with E-state index in [4.69, 9.17) is 0 Å². The average Bonchev–Trinajstić information content (AvgIpc) is 2.37. The Morgan fingerprint density at radius 1 is 1.40 bits per heavy atom. The highest BCUT2D eigenvalue weighted by Gasteiger charge is 2.19. The zero-order chi connectivity index (χ0) is 15.3. The molecule has 4 nitrogen and oxygen atoms in total. The van der Waals surface area contributed by atoms with Crippen LogP contribution in [0.4, 0.5) is 0 Å². The van der Waals surface area contributed by atoms with Gasteiger partial charge in [0.1, 0.15) is 0 Å². The van der Waals surface area contributed by atoms with E-state index in [2.05, 4.69) is 43.8 Å². The molecule has 0 aliphatic rings. The lowest BCUT2D eigenvalue weighted by Crippen LogP contribution is -2.42. The van der Waals surface area contributed by atoms with Crippen LogP contribution < -0.4 is 5.32 Å². The molecular formula is C14H18BrIN2O2. The highest BCUT2D eigenvalue weighted by molar-refractivity contribution is 14.1. The molecule has 0 heterocycles. The number of benzene rings is 1. The van der Waals surface area contributed by atoms with Gasteiger partial charge in [0.05, 0.1) is 12.1 Å². The Morgan fingerprint density at radius 3 is 2.60 bits per heavy atom. The Labute approximate surface area is 141 Å².